The average Bonchev–Trinajstić information content (AvgIpc) is 3.04. The van der Waals surface area contributed by atoms with E-state index in [1.165, 1.54) is 0 Å². The first-order valence-electron chi connectivity index (χ1n) is 7.57. The van der Waals surface area contributed by atoms with E-state index in [1.54, 1.807) is 30.1 Å². The van der Waals surface area contributed by atoms with Gasteiger partial charge in [-0.15, -0.1) is 0 Å². The van der Waals surface area contributed by atoms with Crippen LogP contribution in [0.4, 0.5) is 5.82 Å². The molecule has 2 heterocycles. The van der Waals surface area contributed by atoms with E-state index >= 15 is 0 Å². The summed E-state index contributed by atoms with van der Waals surface area (Å²) in [5.41, 5.74) is 0. The maximum absolute atomic E-state index is 11.7. The fourth-order valence-electron chi connectivity index (χ4n) is 1.97. The summed E-state index contributed by atoms with van der Waals surface area (Å²) in [5, 5.41) is 7.23. The van der Waals surface area contributed by atoms with E-state index in [9.17, 15) is 8.42 Å². The van der Waals surface area contributed by atoms with Gasteiger partial charge < -0.3 is 5.32 Å². The molecule has 0 amide bonds. The quantitative estimate of drug-likeness (QED) is 0.664. The van der Waals surface area contributed by atoms with Crippen LogP contribution in [-0.2, 0) is 10.0 Å². The molecule has 2 rings (SSSR count). The van der Waals surface area contributed by atoms with Gasteiger partial charge in [0.25, 0.3) is 0 Å². The molecule has 0 unspecified atom stereocenters. The third-order valence-corrected chi connectivity index (χ3v) is 4.55. The van der Waals surface area contributed by atoms with E-state index < -0.39 is 10.0 Å². The summed E-state index contributed by atoms with van der Waals surface area (Å²) in [5.74, 6) is 2.08. The molecule has 0 aliphatic carbocycles. The molecule has 8 nitrogen and oxygen atoms in total. The molecular formula is C14H22N6O2S. The minimum atomic E-state index is -3.19. The number of anilines is 1. The molecule has 0 saturated carbocycles. The van der Waals surface area contributed by atoms with Crippen LogP contribution in [0.1, 0.15) is 25.6 Å². The zero-order valence-electron chi connectivity index (χ0n) is 13.4. The number of nitrogens with zero attached hydrogens (tertiary/aromatic N) is 4. The predicted octanol–water partition coefficient (Wildman–Crippen LogP) is 1.10. The van der Waals surface area contributed by atoms with E-state index in [0.717, 1.165) is 6.42 Å². The molecule has 0 aliphatic rings. The van der Waals surface area contributed by atoms with Crippen LogP contribution in [0.25, 0.3) is 5.82 Å². The Kier molecular flexibility index (Phi) is 6.05. The lowest BCUT2D eigenvalue weighted by molar-refractivity contribution is 0.579. The second-order valence-electron chi connectivity index (χ2n) is 5.10. The van der Waals surface area contributed by atoms with E-state index in [2.05, 4.69) is 25.1 Å². The summed E-state index contributed by atoms with van der Waals surface area (Å²) < 4.78 is 27.6. The van der Waals surface area contributed by atoms with Crippen molar-refractivity contribution in [3.05, 3.63) is 30.4 Å². The summed E-state index contributed by atoms with van der Waals surface area (Å²) in [7, 11) is -3.19. The van der Waals surface area contributed by atoms with E-state index in [0.29, 0.717) is 37.0 Å². The van der Waals surface area contributed by atoms with Crippen molar-refractivity contribution >= 4 is 15.8 Å². The Hall–Kier alpha value is -2.00. The van der Waals surface area contributed by atoms with Gasteiger partial charge in [-0.05, 0) is 19.4 Å². The normalized spacial score (nSPS) is 11.6. The number of aromatic nitrogens is 4. The average molecular weight is 338 g/mol. The molecule has 0 bridgehead atoms. The molecule has 0 radical (unpaired) electrons. The van der Waals surface area contributed by atoms with Crippen molar-refractivity contribution in [2.24, 2.45) is 0 Å². The summed E-state index contributed by atoms with van der Waals surface area (Å²) in [6.07, 6.45) is 5.00. The first-order valence-corrected chi connectivity index (χ1v) is 9.22. The summed E-state index contributed by atoms with van der Waals surface area (Å²) in [4.78, 5) is 8.60. The van der Waals surface area contributed by atoms with Crippen LogP contribution < -0.4 is 10.0 Å². The van der Waals surface area contributed by atoms with Crippen molar-refractivity contribution < 1.29 is 8.42 Å². The van der Waals surface area contributed by atoms with Gasteiger partial charge in [-0.1, -0.05) is 13.3 Å². The van der Waals surface area contributed by atoms with Crippen LogP contribution in [0.5, 0.6) is 0 Å². The first kappa shape index (κ1) is 17.4. The Labute approximate surface area is 136 Å². The standard InChI is InChI=1S/C14H22N6O2S/c1-3-4-10-23(21,22)17-8-7-15-13-11-14(19-12(2)18-13)20-9-5-6-16-20/h5-6,9,11,17H,3-4,7-8,10H2,1-2H3,(H,15,18,19). The molecule has 23 heavy (non-hydrogen) atoms. The van der Waals surface area contributed by atoms with Crippen LogP contribution in [0, 0.1) is 6.92 Å². The zero-order chi connectivity index (χ0) is 16.7. The Morgan fingerprint density at radius 2 is 2.09 bits per heavy atom. The molecule has 2 aromatic rings. The smallest absolute Gasteiger partial charge is 0.211 e. The van der Waals surface area contributed by atoms with Gasteiger partial charge in [-0.3, -0.25) is 0 Å². The van der Waals surface area contributed by atoms with Crippen molar-refractivity contribution in [2.45, 2.75) is 26.7 Å². The second kappa shape index (κ2) is 8.02. The number of hydrogen-bond donors (Lipinski definition) is 2. The molecule has 0 spiro atoms. The maximum atomic E-state index is 11.7. The molecular weight excluding hydrogens is 316 g/mol. The second-order valence-corrected chi connectivity index (χ2v) is 7.03. The van der Waals surface area contributed by atoms with Crippen LogP contribution in [0.2, 0.25) is 0 Å². The summed E-state index contributed by atoms with van der Waals surface area (Å²) in [6, 6.07) is 3.58. The van der Waals surface area contributed by atoms with Crippen molar-refractivity contribution in [1.29, 1.82) is 0 Å². The number of unbranched alkanes of at least 4 members (excludes halogenated alkanes) is 1. The molecule has 2 aromatic heterocycles. The lowest BCUT2D eigenvalue weighted by Crippen LogP contribution is -2.31. The molecule has 2 N–H and O–H groups in total. The Bertz CT molecular complexity index is 715. The fraction of sp³-hybridized carbons (Fsp3) is 0.500. The van der Waals surface area contributed by atoms with Crippen LogP contribution in [-0.4, -0.2) is 47.0 Å². The Morgan fingerprint density at radius 1 is 1.26 bits per heavy atom. The number of nitrogens with one attached hydrogen (secondary N) is 2. The zero-order valence-corrected chi connectivity index (χ0v) is 14.2. The summed E-state index contributed by atoms with van der Waals surface area (Å²) >= 11 is 0. The number of hydrogen-bond acceptors (Lipinski definition) is 6. The molecule has 126 valence electrons. The SMILES string of the molecule is CCCCS(=O)(=O)NCCNc1cc(-n2cccn2)nc(C)n1. The van der Waals surface area contributed by atoms with Gasteiger partial charge in [-0.25, -0.2) is 27.8 Å². The Morgan fingerprint density at radius 3 is 2.78 bits per heavy atom. The predicted molar refractivity (Wildman–Crippen MR) is 89.1 cm³/mol. The molecule has 0 fully saturated rings. The van der Waals surface area contributed by atoms with Gasteiger partial charge in [-0.2, -0.15) is 5.10 Å². The van der Waals surface area contributed by atoms with Crippen LogP contribution >= 0.6 is 0 Å². The maximum Gasteiger partial charge on any atom is 0.211 e. The minimum Gasteiger partial charge on any atom is -0.369 e. The van der Waals surface area contributed by atoms with Gasteiger partial charge in [0, 0.05) is 31.5 Å². The highest BCUT2D eigenvalue weighted by atomic mass is 32.2. The monoisotopic (exact) mass is 338 g/mol. The molecule has 0 aliphatic heterocycles. The minimum absolute atomic E-state index is 0.166. The molecule has 9 heteroatoms. The third-order valence-electron chi connectivity index (χ3n) is 3.08. The van der Waals surface area contributed by atoms with Crippen LogP contribution in [0.3, 0.4) is 0 Å². The summed E-state index contributed by atoms with van der Waals surface area (Å²) in [6.45, 7) is 4.52. The highest BCUT2D eigenvalue weighted by Crippen LogP contribution is 2.09. The number of aryl methyl sites for hydroxylation is 1. The largest absolute Gasteiger partial charge is 0.369 e. The van der Waals surface area contributed by atoms with Crippen molar-refractivity contribution in [1.82, 2.24) is 24.5 Å². The van der Waals surface area contributed by atoms with Crippen LogP contribution in [0.15, 0.2) is 24.5 Å². The van der Waals surface area contributed by atoms with Crippen molar-refractivity contribution in [3.63, 3.8) is 0 Å². The first-order chi connectivity index (χ1) is 11.0. The molecule has 0 aromatic carbocycles. The highest BCUT2D eigenvalue weighted by Gasteiger charge is 2.08. The topological polar surface area (TPSA) is 102 Å². The van der Waals surface area contributed by atoms with E-state index in [4.69, 9.17) is 0 Å². The van der Waals surface area contributed by atoms with Crippen molar-refractivity contribution in [2.75, 3.05) is 24.2 Å². The van der Waals surface area contributed by atoms with Gasteiger partial charge in [0.1, 0.15) is 11.6 Å². The molecule has 0 atom stereocenters. The van der Waals surface area contributed by atoms with Crippen molar-refractivity contribution in [3.8, 4) is 5.82 Å². The highest BCUT2D eigenvalue weighted by molar-refractivity contribution is 7.89. The lowest BCUT2D eigenvalue weighted by atomic mass is 10.4. The van der Waals surface area contributed by atoms with Gasteiger partial charge in [0.15, 0.2) is 5.82 Å². The van der Waals surface area contributed by atoms with E-state index in [-0.39, 0.29) is 5.75 Å². The molecule has 0 saturated heterocycles. The fourth-order valence-corrected chi connectivity index (χ4v) is 3.19. The number of sulfonamides is 1. The van der Waals surface area contributed by atoms with Gasteiger partial charge >= 0.3 is 0 Å². The lowest BCUT2D eigenvalue weighted by Gasteiger charge is -2.10. The van der Waals surface area contributed by atoms with E-state index in [1.807, 2.05) is 13.0 Å². The Balaban J connectivity index is 1.89. The number of rotatable bonds is 9. The van der Waals surface area contributed by atoms with Gasteiger partial charge in [0.05, 0.1) is 5.75 Å². The van der Waals surface area contributed by atoms with Gasteiger partial charge in [0.2, 0.25) is 10.0 Å². The third kappa shape index (κ3) is 5.61.